The Bertz CT molecular complexity index is 403. The molecule has 0 saturated heterocycles. The van der Waals surface area contributed by atoms with E-state index in [2.05, 4.69) is 5.32 Å². The summed E-state index contributed by atoms with van der Waals surface area (Å²) in [5, 5.41) is 2.76. The zero-order chi connectivity index (χ0) is 13.4. The van der Waals surface area contributed by atoms with Crippen LogP contribution in [0.15, 0.2) is 24.3 Å². The zero-order valence-corrected chi connectivity index (χ0v) is 11.4. The summed E-state index contributed by atoms with van der Waals surface area (Å²) in [7, 11) is 0. The second-order valence-electron chi connectivity index (χ2n) is 3.70. The number of amides is 1. The van der Waals surface area contributed by atoms with Crippen molar-refractivity contribution in [2.45, 2.75) is 13.8 Å². The number of hydrogen-bond acceptors (Lipinski definition) is 4. The van der Waals surface area contributed by atoms with Crippen LogP contribution in [-0.4, -0.2) is 29.8 Å². The molecule has 0 spiro atoms. The summed E-state index contributed by atoms with van der Waals surface area (Å²) in [5.74, 6) is 1.41. The number of carbonyl (C=O) groups is 2. The van der Waals surface area contributed by atoms with Gasteiger partial charge < -0.3 is 10.1 Å². The fourth-order valence-corrected chi connectivity index (χ4v) is 1.93. The zero-order valence-electron chi connectivity index (χ0n) is 10.6. The van der Waals surface area contributed by atoms with Crippen LogP contribution in [-0.2, 0) is 9.59 Å². The van der Waals surface area contributed by atoms with Crippen LogP contribution in [0, 0.1) is 0 Å². The highest BCUT2D eigenvalue weighted by atomic mass is 32.2. The molecule has 1 N–H and O–H groups in total. The van der Waals surface area contributed by atoms with Gasteiger partial charge in [0.25, 0.3) is 0 Å². The van der Waals surface area contributed by atoms with Crippen molar-refractivity contribution in [1.82, 2.24) is 0 Å². The number of anilines is 1. The third-order valence-electron chi connectivity index (χ3n) is 1.99. The van der Waals surface area contributed by atoms with Crippen LogP contribution in [0.2, 0.25) is 0 Å². The molecule has 0 atom stereocenters. The van der Waals surface area contributed by atoms with Crippen molar-refractivity contribution in [3.05, 3.63) is 24.3 Å². The van der Waals surface area contributed by atoms with Crippen LogP contribution < -0.4 is 10.1 Å². The van der Waals surface area contributed by atoms with E-state index in [0.29, 0.717) is 12.4 Å². The first kappa shape index (κ1) is 14.6. The van der Waals surface area contributed by atoms with Gasteiger partial charge in [0, 0.05) is 5.69 Å². The van der Waals surface area contributed by atoms with Gasteiger partial charge in [-0.25, -0.2) is 0 Å². The van der Waals surface area contributed by atoms with Gasteiger partial charge in [-0.2, -0.15) is 0 Å². The summed E-state index contributed by atoms with van der Waals surface area (Å²) in [5.41, 5.74) is 0.729. The molecule has 0 bridgehead atoms. The highest BCUT2D eigenvalue weighted by molar-refractivity contribution is 8.00. The molecule has 1 aromatic rings. The number of thioether (sulfide) groups is 1. The summed E-state index contributed by atoms with van der Waals surface area (Å²) < 4.78 is 5.30. The van der Waals surface area contributed by atoms with Gasteiger partial charge in [0.15, 0.2) is 0 Å². The molecule has 5 heteroatoms. The Hall–Kier alpha value is -1.49. The molecule has 0 unspecified atom stereocenters. The summed E-state index contributed by atoms with van der Waals surface area (Å²) >= 11 is 1.31. The van der Waals surface area contributed by atoms with Crippen molar-refractivity contribution < 1.29 is 14.3 Å². The van der Waals surface area contributed by atoms with Gasteiger partial charge in [0.2, 0.25) is 5.91 Å². The smallest absolute Gasteiger partial charge is 0.234 e. The quantitative estimate of drug-likeness (QED) is 0.824. The maximum absolute atomic E-state index is 11.5. The van der Waals surface area contributed by atoms with Crippen molar-refractivity contribution >= 4 is 29.1 Å². The summed E-state index contributed by atoms with van der Waals surface area (Å²) in [6.45, 7) is 4.05. The van der Waals surface area contributed by atoms with Crippen molar-refractivity contribution in [3.63, 3.8) is 0 Å². The number of benzene rings is 1. The third-order valence-corrected chi connectivity index (χ3v) is 3.06. The standard InChI is InChI=1S/C13H17NO3S/c1-3-17-12-6-4-11(5-7-12)14-13(16)9-18-8-10(2)15/h4-7H,3,8-9H2,1-2H3,(H,14,16). The van der Waals surface area contributed by atoms with Gasteiger partial charge >= 0.3 is 0 Å². The molecule has 18 heavy (non-hydrogen) atoms. The fraction of sp³-hybridized carbons (Fsp3) is 0.385. The Balaban J connectivity index is 2.37. The maximum Gasteiger partial charge on any atom is 0.234 e. The van der Waals surface area contributed by atoms with Crippen molar-refractivity contribution in [2.75, 3.05) is 23.4 Å². The number of ketones is 1. The largest absolute Gasteiger partial charge is 0.494 e. The van der Waals surface area contributed by atoms with Crippen LogP contribution in [0.3, 0.4) is 0 Å². The minimum atomic E-state index is -0.106. The average Bonchev–Trinajstić information content (AvgIpc) is 2.31. The lowest BCUT2D eigenvalue weighted by Gasteiger charge is -2.06. The van der Waals surface area contributed by atoms with Crippen molar-refractivity contribution in [3.8, 4) is 5.75 Å². The predicted octanol–water partition coefficient (Wildman–Crippen LogP) is 2.35. The molecule has 0 heterocycles. The maximum atomic E-state index is 11.5. The fourth-order valence-electron chi connectivity index (χ4n) is 1.29. The lowest BCUT2D eigenvalue weighted by molar-refractivity contribution is -0.114. The number of Topliss-reactive ketones (excluding diaryl/α,β-unsaturated/α-hetero) is 1. The van der Waals surface area contributed by atoms with Gasteiger partial charge in [0.1, 0.15) is 11.5 Å². The lowest BCUT2D eigenvalue weighted by atomic mass is 10.3. The molecule has 0 fully saturated rings. The van der Waals surface area contributed by atoms with Gasteiger partial charge in [0.05, 0.1) is 18.1 Å². The molecule has 4 nitrogen and oxygen atoms in total. The van der Waals surface area contributed by atoms with Gasteiger partial charge in [-0.05, 0) is 38.1 Å². The molecule has 0 aromatic heterocycles. The first-order valence-corrected chi connectivity index (χ1v) is 6.87. The topological polar surface area (TPSA) is 55.4 Å². The number of rotatable bonds is 7. The van der Waals surface area contributed by atoms with E-state index in [1.54, 1.807) is 12.1 Å². The first-order chi connectivity index (χ1) is 8.61. The van der Waals surface area contributed by atoms with Crippen LogP contribution >= 0.6 is 11.8 Å². The molecular formula is C13H17NO3S. The Morgan fingerprint density at radius 3 is 2.44 bits per heavy atom. The molecular weight excluding hydrogens is 250 g/mol. The second-order valence-corrected chi connectivity index (χ2v) is 4.69. The van der Waals surface area contributed by atoms with E-state index >= 15 is 0 Å². The van der Waals surface area contributed by atoms with Gasteiger partial charge in [-0.1, -0.05) is 0 Å². The number of carbonyl (C=O) groups excluding carboxylic acids is 2. The molecule has 0 saturated carbocycles. The van der Waals surface area contributed by atoms with Crippen LogP contribution in [0.4, 0.5) is 5.69 Å². The normalized spacial score (nSPS) is 9.89. The van der Waals surface area contributed by atoms with Crippen LogP contribution in [0.1, 0.15) is 13.8 Å². The summed E-state index contributed by atoms with van der Waals surface area (Å²) in [6.07, 6.45) is 0. The minimum absolute atomic E-state index is 0.0777. The Morgan fingerprint density at radius 2 is 1.89 bits per heavy atom. The lowest BCUT2D eigenvalue weighted by Crippen LogP contribution is -2.15. The summed E-state index contributed by atoms with van der Waals surface area (Å²) in [4.78, 5) is 22.2. The number of hydrogen-bond donors (Lipinski definition) is 1. The highest BCUT2D eigenvalue weighted by Crippen LogP contribution is 2.15. The van der Waals surface area contributed by atoms with E-state index in [1.165, 1.54) is 18.7 Å². The summed E-state index contributed by atoms with van der Waals surface area (Å²) in [6, 6.07) is 7.20. The SMILES string of the molecule is CCOc1ccc(NC(=O)CSCC(C)=O)cc1. The molecule has 98 valence electrons. The molecule has 0 aliphatic rings. The number of ether oxygens (including phenoxy) is 1. The Kier molecular flexibility index (Phi) is 6.28. The van der Waals surface area contributed by atoms with E-state index in [4.69, 9.17) is 4.74 Å². The van der Waals surface area contributed by atoms with Crippen LogP contribution in [0.5, 0.6) is 5.75 Å². The molecule has 1 aromatic carbocycles. The van der Waals surface area contributed by atoms with Crippen molar-refractivity contribution in [1.29, 1.82) is 0 Å². The minimum Gasteiger partial charge on any atom is -0.494 e. The van der Waals surface area contributed by atoms with E-state index < -0.39 is 0 Å². The number of nitrogens with one attached hydrogen (secondary N) is 1. The molecule has 0 radical (unpaired) electrons. The molecule has 0 aliphatic carbocycles. The van der Waals surface area contributed by atoms with E-state index in [9.17, 15) is 9.59 Å². The Morgan fingerprint density at radius 1 is 1.22 bits per heavy atom. The molecule has 0 aliphatic heterocycles. The van der Waals surface area contributed by atoms with E-state index in [1.807, 2.05) is 19.1 Å². The van der Waals surface area contributed by atoms with E-state index in [0.717, 1.165) is 11.4 Å². The molecule has 1 rings (SSSR count). The third kappa shape index (κ3) is 5.72. The van der Waals surface area contributed by atoms with E-state index in [-0.39, 0.29) is 17.4 Å². The monoisotopic (exact) mass is 267 g/mol. The van der Waals surface area contributed by atoms with Gasteiger partial charge in [-0.15, -0.1) is 11.8 Å². The predicted molar refractivity (Wildman–Crippen MR) is 74.2 cm³/mol. The Labute approximate surface area is 111 Å². The molecule has 1 amide bonds. The average molecular weight is 267 g/mol. The highest BCUT2D eigenvalue weighted by Gasteiger charge is 2.03. The first-order valence-electron chi connectivity index (χ1n) is 5.71. The van der Waals surface area contributed by atoms with Crippen LogP contribution in [0.25, 0.3) is 0 Å². The van der Waals surface area contributed by atoms with Gasteiger partial charge in [-0.3, -0.25) is 9.59 Å². The van der Waals surface area contributed by atoms with Crippen molar-refractivity contribution in [2.24, 2.45) is 0 Å². The second kappa shape index (κ2) is 7.76.